The van der Waals surface area contributed by atoms with Gasteiger partial charge in [-0.1, -0.05) is 11.6 Å². The maximum Gasteiger partial charge on any atom is 0.272 e. The molecule has 5 aliphatic rings. The van der Waals surface area contributed by atoms with Crippen molar-refractivity contribution in [3.63, 3.8) is 0 Å². The second-order valence-electron chi connectivity index (χ2n) is 15.7. The van der Waals surface area contributed by atoms with E-state index in [-0.39, 0.29) is 24.8 Å². The average molecular weight is 763 g/mol. The van der Waals surface area contributed by atoms with Crippen LogP contribution in [0.25, 0.3) is 0 Å². The quantitative estimate of drug-likeness (QED) is 0.302. The molecule has 2 aliphatic carbocycles. The first-order valence-electron chi connectivity index (χ1n) is 19.2. The number of imide groups is 2. The molecular weight excluding hydrogens is 720 g/mol. The van der Waals surface area contributed by atoms with Gasteiger partial charge in [0.2, 0.25) is 11.8 Å². The van der Waals surface area contributed by atoms with Gasteiger partial charge >= 0.3 is 0 Å². The van der Waals surface area contributed by atoms with Crippen LogP contribution in [0.5, 0.6) is 0 Å². The van der Waals surface area contributed by atoms with Crippen molar-refractivity contribution in [2.75, 3.05) is 18.5 Å². The van der Waals surface area contributed by atoms with Crippen LogP contribution in [0.3, 0.4) is 0 Å². The standard InChI is InChI=1S/C41H43ClN8O5/c1-48(30-9-6-25(19-43)33(42)18-30)29-10-7-28(8-11-29)44-38(52)35-13-12-34(46-47-35)24-4-2-23(3-5-24)20-49-21-26-16-31-32(17-27(26)22-49)41(55)50(40(31)54)36-14-15-37(51)45-39(36)53/h6,9,12-13,16-18,23-24,28-29,36H,2-5,7-8,10-11,14-15,20-22H2,1H3,(H,44,52)(H,45,51,53). The van der Waals surface area contributed by atoms with Crippen LogP contribution >= 0.6 is 11.6 Å². The van der Waals surface area contributed by atoms with Crippen molar-refractivity contribution in [3.05, 3.63) is 86.7 Å². The van der Waals surface area contributed by atoms with E-state index in [4.69, 9.17) is 11.6 Å². The van der Waals surface area contributed by atoms with E-state index in [9.17, 15) is 29.2 Å². The molecule has 0 radical (unpaired) electrons. The van der Waals surface area contributed by atoms with Crippen LogP contribution in [0.4, 0.5) is 5.69 Å². The highest BCUT2D eigenvalue weighted by atomic mass is 35.5. The largest absolute Gasteiger partial charge is 0.372 e. The smallest absolute Gasteiger partial charge is 0.272 e. The number of nitrogens with one attached hydrogen (secondary N) is 2. The minimum atomic E-state index is -0.964. The number of piperidine rings is 1. The van der Waals surface area contributed by atoms with Gasteiger partial charge in [-0.05, 0) is 117 Å². The van der Waals surface area contributed by atoms with Crippen molar-refractivity contribution in [3.8, 4) is 6.07 Å². The molecule has 13 nitrogen and oxygen atoms in total. The number of benzene rings is 2. The highest BCUT2D eigenvalue weighted by Gasteiger charge is 2.45. The highest BCUT2D eigenvalue weighted by Crippen LogP contribution is 2.38. The van der Waals surface area contributed by atoms with E-state index in [0.717, 1.165) is 85.3 Å². The SMILES string of the molecule is CN(c1ccc(C#N)c(Cl)c1)C1CCC(NC(=O)c2ccc(C3CCC(CN4Cc5cc6c(cc5C4)C(=O)N(C4CCC(=O)NC4=O)C6=O)CC3)nn2)CC1. The normalized spacial score (nSPS) is 25.3. The molecule has 0 spiro atoms. The summed E-state index contributed by atoms with van der Waals surface area (Å²) in [4.78, 5) is 69.3. The van der Waals surface area contributed by atoms with Gasteiger partial charge in [-0.2, -0.15) is 10.4 Å². The number of halogens is 1. The van der Waals surface area contributed by atoms with E-state index in [1.54, 1.807) is 12.1 Å². The zero-order valence-electron chi connectivity index (χ0n) is 30.7. The van der Waals surface area contributed by atoms with Gasteiger partial charge in [0.1, 0.15) is 12.1 Å². The second kappa shape index (κ2) is 15.2. The summed E-state index contributed by atoms with van der Waals surface area (Å²) in [7, 11) is 2.04. The number of amides is 5. The maximum absolute atomic E-state index is 13.3. The fraction of sp³-hybridized carbons (Fsp3) is 0.463. The second-order valence-corrected chi connectivity index (χ2v) is 16.1. The summed E-state index contributed by atoms with van der Waals surface area (Å²) in [5, 5.41) is 23.8. The zero-order valence-corrected chi connectivity index (χ0v) is 31.5. The lowest BCUT2D eigenvalue weighted by molar-refractivity contribution is -0.136. The number of nitrogens with zero attached hydrogens (tertiary/aromatic N) is 6. The Labute approximate surface area is 324 Å². The van der Waals surface area contributed by atoms with Gasteiger partial charge in [-0.25, -0.2) is 0 Å². The van der Waals surface area contributed by atoms with E-state index in [2.05, 4.69) is 36.7 Å². The van der Waals surface area contributed by atoms with Crippen molar-refractivity contribution in [1.29, 1.82) is 5.26 Å². The Morgan fingerprint density at radius 3 is 2.20 bits per heavy atom. The predicted molar refractivity (Wildman–Crippen MR) is 202 cm³/mol. The van der Waals surface area contributed by atoms with E-state index in [1.807, 2.05) is 37.4 Å². The molecule has 284 valence electrons. The minimum Gasteiger partial charge on any atom is -0.372 e. The van der Waals surface area contributed by atoms with Crippen LogP contribution in [-0.2, 0) is 22.7 Å². The van der Waals surface area contributed by atoms with Crippen molar-refractivity contribution in [2.45, 2.75) is 101 Å². The molecule has 3 fully saturated rings. The summed E-state index contributed by atoms with van der Waals surface area (Å²) in [5.41, 5.74) is 5.42. The number of fused-ring (bicyclic) bond motifs is 2. The lowest BCUT2D eigenvalue weighted by Gasteiger charge is -2.36. The average Bonchev–Trinajstić information content (AvgIpc) is 3.69. The van der Waals surface area contributed by atoms with Gasteiger partial charge in [0.15, 0.2) is 5.69 Å². The van der Waals surface area contributed by atoms with E-state index >= 15 is 0 Å². The van der Waals surface area contributed by atoms with Crippen molar-refractivity contribution < 1.29 is 24.0 Å². The first-order valence-corrected chi connectivity index (χ1v) is 19.6. The fourth-order valence-corrected chi connectivity index (χ4v) is 9.36. The molecule has 0 bridgehead atoms. The van der Waals surface area contributed by atoms with Gasteiger partial charge < -0.3 is 10.2 Å². The topological polar surface area (TPSA) is 169 Å². The Morgan fingerprint density at radius 2 is 1.60 bits per heavy atom. The Hall–Kier alpha value is -5.19. The number of carbonyl (C=O) groups excluding carboxylic acids is 5. The van der Waals surface area contributed by atoms with Crippen LogP contribution < -0.4 is 15.5 Å². The highest BCUT2D eigenvalue weighted by molar-refractivity contribution is 6.32. The number of aromatic nitrogens is 2. The number of rotatable bonds is 8. The summed E-state index contributed by atoms with van der Waals surface area (Å²) in [6.45, 7) is 2.32. The molecule has 5 amide bonds. The number of anilines is 1. The third-order valence-corrected chi connectivity index (χ3v) is 12.6. The summed E-state index contributed by atoms with van der Waals surface area (Å²) in [5.74, 6) is -1.33. The van der Waals surface area contributed by atoms with Crippen LogP contribution in [0.1, 0.15) is 124 Å². The molecule has 55 heavy (non-hydrogen) atoms. The van der Waals surface area contributed by atoms with E-state index in [0.29, 0.717) is 58.4 Å². The number of nitriles is 1. The maximum atomic E-state index is 13.3. The Balaban J connectivity index is 0.784. The zero-order chi connectivity index (χ0) is 38.4. The third kappa shape index (κ3) is 7.33. The Morgan fingerprint density at radius 1 is 0.909 bits per heavy atom. The van der Waals surface area contributed by atoms with E-state index in [1.165, 1.54) is 0 Å². The van der Waals surface area contributed by atoms with Crippen LogP contribution in [0.2, 0.25) is 5.02 Å². The van der Waals surface area contributed by atoms with Crippen LogP contribution in [-0.4, -0.2) is 81.3 Å². The monoisotopic (exact) mass is 762 g/mol. The molecule has 1 atom stereocenters. The molecule has 2 N–H and O–H groups in total. The molecule has 2 saturated carbocycles. The number of hydrogen-bond donors (Lipinski definition) is 2. The first-order chi connectivity index (χ1) is 26.6. The van der Waals surface area contributed by atoms with Gasteiger partial charge in [-0.15, -0.1) is 5.10 Å². The minimum absolute atomic E-state index is 0.0723. The first kappa shape index (κ1) is 36.8. The van der Waals surface area contributed by atoms with Crippen molar-refractivity contribution in [1.82, 2.24) is 30.6 Å². The molecule has 3 aromatic rings. The van der Waals surface area contributed by atoms with Gasteiger partial charge in [0.25, 0.3) is 17.7 Å². The van der Waals surface area contributed by atoms with Gasteiger partial charge in [0, 0.05) is 56.8 Å². The molecule has 1 unspecified atom stereocenters. The van der Waals surface area contributed by atoms with E-state index < -0.39 is 29.7 Å². The summed E-state index contributed by atoms with van der Waals surface area (Å²) in [6.07, 6.45) is 7.88. The predicted octanol–water partition coefficient (Wildman–Crippen LogP) is 4.87. The number of carbonyl (C=O) groups is 5. The number of hydrogen-bond acceptors (Lipinski definition) is 10. The summed E-state index contributed by atoms with van der Waals surface area (Å²) >= 11 is 6.26. The molecule has 8 rings (SSSR count). The lowest BCUT2D eigenvalue weighted by atomic mass is 9.80. The molecule has 14 heteroatoms. The van der Waals surface area contributed by atoms with Crippen molar-refractivity contribution in [2.24, 2.45) is 5.92 Å². The molecule has 3 aliphatic heterocycles. The molecule has 1 aromatic heterocycles. The van der Waals surface area contributed by atoms with Crippen LogP contribution in [0.15, 0.2) is 42.5 Å². The summed E-state index contributed by atoms with van der Waals surface area (Å²) in [6, 6.07) is 14.4. The van der Waals surface area contributed by atoms with Gasteiger partial charge in [-0.3, -0.25) is 39.1 Å². The van der Waals surface area contributed by atoms with Crippen molar-refractivity contribution >= 4 is 46.8 Å². The summed E-state index contributed by atoms with van der Waals surface area (Å²) < 4.78 is 0. The van der Waals surface area contributed by atoms with Gasteiger partial charge in [0.05, 0.1) is 27.4 Å². The molecule has 1 saturated heterocycles. The Bertz CT molecular complexity index is 2060. The molecule has 4 heterocycles. The molecular formula is C41H43ClN8O5. The van der Waals surface area contributed by atoms with Crippen LogP contribution in [0, 0.1) is 17.2 Å². The lowest BCUT2D eigenvalue weighted by Crippen LogP contribution is -2.54. The Kier molecular flexibility index (Phi) is 10.1. The fourth-order valence-electron chi connectivity index (χ4n) is 9.15. The molecule has 2 aromatic carbocycles. The third-order valence-electron chi connectivity index (χ3n) is 12.3.